The third-order valence-electron chi connectivity index (χ3n) is 3.61. The first-order valence-corrected chi connectivity index (χ1v) is 6.75. The maximum absolute atomic E-state index is 13.8. The zero-order chi connectivity index (χ0) is 12.5. The molecule has 2 aliphatic rings. The van der Waals surface area contributed by atoms with Gasteiger partial charge in [-0.1, -0.05) is 11.6 Å². The molecule has 0 unspecified atom stereocenters. The Labute approximate surface area is 111 Å². The van der Waals surface area contributed by atoms with Crippen LogP contribution >= 0.6 is 11.6 Å². The van der Waals surface area contributed by atoms with Crippen molar-refractivity contribution < 1.29 is 4.39 Å². The van der Waals surface area contributed by atoms with Crippen molar-refractivity contribution in [2.24, 2.45) is 5.92 Å². The van der Waals surface area contributed by atoms with Crippen LogP contribution in [0.25, 0.3) is 0 Å². The molecule has 3 rings (SSSR count). The fraction of sp³-hybridized carbons (Fsp3) is 0.667. The van der Waals surface area contributed by atoms with E-state index in [4.69, 9.17) is 11.6 Å². The van der Waals surface area contributed by atoms with E-state index < -0.39 is 5.82 Å². The molecule has 1 saturated carbocycles. The summed E-state index contributed by atoms with van der Waals surface area (Å²) in [6.45, 7) is 4.74. The van der Waals surface area contributed by atoms with E-state index in [1.165, 1.54) is 25.7 Å². The largest absolute Gasteiger partial charge is 0.351 e. The quantitative estimate of drug-likeness (QED) is 0.784. The van der Waals surface area contributed by atoms with Crippen molar-refractivity contribution in [1.29, 1.82) is 0 Å². The Morgan fingerprint density at radius 1 is 1.22 bits per heavy atom. The van der Waals surface area contributed by atoms with E-state index in [1.54, 1.807) is 0 Å². The van der Waals surface area contributed by atoms with Gasteiger partial charge in [-0.25, -0.2) is 9.97 Å². The fourth-order valence-electron chi connectivity index (χ4n) is 2.37. The summed E-state index contributed by atoms with van der Waals surface area (Å²) in [4.78, 5) is 12.0. The molecule has 2 fully saturated rings. The molecule has 1 aromatic heterocycles. The first kappa shape index (κ1) is 12.1. The standard InChI is InChI=1S/C12H16ClFN4/c13-11-10(14)12(16-8-15-11)18-5-3-17(4-6-18)7-9-1-2-9/h8-9H,1-7H2. The summed E-state index contributed by atoms with van der Waals surface area (Å²) in [7, 11) is 0. The highest BCUT2D eigenvalue weighted by Gasteiger charge is 2.27. The third-order valence-corrected chi connectivity index (χ3v) is 3.88. The van der Waals surface area contributed by atoms with Gasteiger partial charge in [-0.15, -0.1) is 0 Å². The average Bonchev–Trinajstić information content (AvgIpc) is 3.18. The Hall–Kier alpha value is -0.940. The fourth-order valence-corrected chi connectivity index (χ4v) is 2.50. The minimum Gasteiger partial charge on any atom is -0.351 e. The molecule has 98 valence electrons. The molecule has 0 bridgehead atoms. The lowest BCUT2D eigenvalue weighted by Crippen LogP contribution is -2.47. The molecule has 1 aliphatic carbocycles. The van der Waals surface area contributed by atoms with Gasteiger partial charge >= 0.3 is 0 Å². The summed E-state index contributed by atoms with van der Waals surface area (Å²) in [6.07, 6.45) is 4.06. The number of halogens is 2. The molecule has 1 saturated heterocycles. The van der Waals surface area contributed by atoms with Crippen LogP contribution in [0.5, 0.6) is 0 Å². The number of aromatic nitrogens is 2. The molecule has 1 aliphatic heterocycles. The Morgan fingerprint density at radius 2 is 1.94 bits per heavy atom. The van der Waals surface area contributed by atoms with Gasteiger partial charge in [0.2, 0.25) is 5.82 Å². The molecule has 0 atom stereocenters. The Balaban J connectivity index is 1.62. The zero-order valence-electron chi connectivity index (χ0n) is 10.1. The molecule has 0 amide bonds. The normalized spacial score (nSPS) is 21.3. The van der Waals surface area contributed by atoms with Gasteiger partial charge in [0.1, 0.15) is 6.33 Å². The lowest BCUT2D eigenvalue weighted by atomic mass is 10.2. The van der Waals surface area contributed by atoms with Gasteiger partial charge in [-0.3, -0.25) is 4.90 Å². The number of piperazine rings is 1. The highest BCUT2D eigenvalue weighted by molar-refractivity contribution is 6.29. The minimum absolute atomic E-state index is 0.0968. The second-order valence-corrected chi connectivity index (χ2v) is 5.39. The van der Waals surface area contributed by atoms with Crippen molar-refractivity contribution in [3.63, 3.8) is 0 Å². The maximum Gasteiger partial charge on any atom is 0.202 e. The molecule has 1 aromatic rings. The predicted octanol–water partition coefficient (Wildman–Crippen LogP) is 1.80. The first-order chi connectivity index (χ1) is 8.74. The van der Waals surface area contributed by atoms with E-state index in [2.05, 4.69) is 14.9 Å². The van der Waals surface area contributed by atoms with Gasteiger partial charge in [0.15, 0.2) is 11.0 Å². The number of hydrogen-bond donors (Lipinski definition) is 0. The summed E-state index contributed by atoms with van der Waals surface area (Å²) in [5.74, 6) is 0.734. The lowest BCUT2D eigenvalue weighted by Gasteiger charge is -2.35. The summed E-state index contributed by atoms with van der Waals surface area (Å²) in [6, 6.07) is 0. The van der Waals surface area contributed by atoms with Crippen molar-refractivity contribution in [2.45, 2.75) is 12.8 Å². The molecular formula is C12H16ClFN4. The molecule has 4 nitrogen and oxygen atoms in total. The number of hydrogen-bond acceptors (Lipinski definition) is 4. The van der Waals surface area contributed by atoms with Gasteiger partial charge in [-0.05, 0) is 18.8 Å². The summed E-state index contributed by atoms with van der Waals surface area (Å²) >= 11 is 5.68. The van der Waals surface area contributed by atoms with E-state index >= 15 is 0 Å². The molecule has 0 spiro atoms. The van der Waals surface area contributed by atoms with Crippen LogP contribution in [-0.4, -0.2) is 47.6 Å². The van der Waals surface area contributed by atoms with E-state index in [1.807, 2.05) is 4.90 Å². The van der Waals surface area contributed by atoms with Gasteiger partial charge in [-0.2, -0.15) is 4.39 Å². The molecular weight excluding hydrogens is 255 g/mol. The summed E-state index contributed by atoms with van der Waals surface area (Å²) < 4.78 is 13.8. The van der Waals surface area contributed by atoms with E-state index in [0.717, 1.165) is 32.1 Å². The Bertz CT molecular complexity index is 430. The van der Waals surface area contributed by atoms with Crippen LogP contribution in [0.2, 0.25) is 5.15 Å². The van der Waals surface area contributed by atoms with E-state index in [0.29, 0.717) is 5.82 Å². The summed E-state index contributed by atoms with van der Waals surface area (Å²) in [5.41, 5.74) is 0. The topological polar surface area (TPSA) is 32.3 Å². The van der Waals surface area contributed by atoms with E-state index in [-0.39, 0.29) is 5.15 Å². The monoisotopic (exact) mass is 270 g/mol. The predicted molar refractivity (Wildman–Crippen MR) is 68.4 cm³/mol. The SMILES string of the molecule is Fc1c(Cl)ncnc1N1CCN(CC2CC2)CC1. The molecule has 0 radical (unpaired) electrons. The van der Waals surface area contributed by atoms with Crippen molar-refractivity contribution in [3.8, 4) is 0 Å². The average molecular weight is 271 g/mol. The van der Waals surface area contributed by atoms with Gasteiger partial charge < -0.3 is 4.90 Å². The lowest BCUT2D eigenvalue weighted by molar-refractivity contribution is 0.247. The van der Waals surface area contributed by atoms with Crippen LogP contribution < -0.4 is 4.90 Å². The molecule has 6 heteroatoms. The molecule has 0 N–H and O–H groups in total. The summed E-state index contributed by atoms with van der Waals surface area (Å²) in [5, 5.41) is -0.0968. The first-order valence-electron chi connectivity index (χ1n) is 6.37. The van der Waals surface area contributed by atoms with Crippen LogP contribution in [0.3, 0.4) is 0 Å². The molecule has 0 aromatic carbocycles. The second kappa shape index (κ2) is 4.97. The smallest absolute Gasteiger partial charge is 0.202 e. The highest BCUT2D eigenvalue weighted by Crippen LogP contribution is 2.30. The van der Waals surface area contributed by atoms with Gasteiger partial charge in [0.05, 0.1) is 0 Å². The van der Waals surface area contributed by atoms with Crippen LogP contribution in [-0.2, 0) is 0 Å². The third kappa shape index (κ3) is 2.57. The van der Waals surface area contributed by atoms with Crippen LogP contribution in [0.4, 0.5) is 10.2 Å². The highest BCUT2D eigenvalue weighted by atomic mass is 35.5. The number of anilines is 1. The zero-order valence-corrected chi connectivity index (χ0v) is 10.9. The Morgan fingerprint density at radius 3 is 2.61 bits per heavy atom. The number of nitrogens with zero attached hydrogens (tertiary/aromatic N) is 4. The van der Waals surface area contributed by atoms with E-state index in [9.17, 15) is 4.39 Å². The minimum atomic E-state index is -0.505. The molecule has 18 heavy (non-hydrogen) atoms. The molecule has 2 heterocycles. The van der Waals surface area contributed by atoms with Crippen LogP contribution in [0, 0.1) is 11.7 Å². The van der Waals surface area contributed by atoms with Crippen LogP contribution in [0.15, 0.2) is 6.33 Å². The van der Waals surface area contributed by atoms with Crippen molar-refractivity contribution in [2.75, 3.05) is 37.6 Å². The maximum atomic E-state index is 13.8. The van der Waals surface area contributed by atoms with Crippen molar-refractivity contribution in [1.82, 2.24) is 14.9 Å². The van der Waals surface area contributed by atoms with Gasteiger partial charge in [0, 0.05) is 32.7 Å². The Kier molecular flexibility index (Phi) is 3.35. The number of rotatable bonds is 3. The second-order valence-electron chi connectivity index (χ2n) is 5.03. The van der Waals surface area contributed by atoms with Gasteiger partial charge in [0.25, 0.3) is 0 Å². The van der Waals surface area contributed by atoms with Crippen molar-refractivity contribution in [3.05, 3.63) is 17.3 Å². The van der Waals surface area contributed by atoms with Crippen molar-refractivity contribution >= 4 is 17.4 Å². The van der Waals surface area contributed by atoms with Crippen LogP contribution in [0.1, 0.15) is 12.8 Å².